The van der Waals surface area contributed by atoms with Gasteiger partial charge < -0.3 is 11.1 Å². The van der Waals surface area contributed by atoms with Crippen molar-refractivity contribution in [3.63, 3.8) is 0 Å². The molecule has 1 aliphatic heterocycles. The van der Waals surface area contributed by atoms with Gasteiger partial charge in [0.2, 0.25) is 5.91 Å². The molecule has 0 saturated carbocycles. The van der Waals surface area contributed by atoms with E-state index in [4.69, 9.17) is 5.73 Å². The molecule has 2 rings (SSSR count). The number of rotatable bonds is 4. The van der Waals surface area contributed by atoms with E-state index < -0.39 is 0 Å². The number of likely N-dealkylation sites (tertiary alicyclic amines) is 1. The number of nitrogens with two attached hydrogens (primary N) is 1. The van der Waals surface area contributed by atoms with Crippen LogP contribution in [0.1, 0.15) is 13.3 Å². The summed E-state index contributed by atoms with van der Waals surface area (Å²) < 4.78 is 1.00. The van der Waals surface area contributed by atoms with Gasteiger partial charge in [0.05, 0.1) is 6.54 Å². The van der Waals surface area contributed by atoms with E-state index in [0.717, 1.165) is 29.7 Å². The summed E-state index contributed by atoms with van der Waals surface area (Å²) in [5, 5.41) is 2.91. The lowest BCUT2D eigenvalue weighted by atomic mass is 9.90. The molecule has 1 aliphatic rings. The molecular formula is C14H21BrClN3O. The Morgan fingerprint density at radius 1 is 1.45 bits per heavy atom. The molecule has 1 saturated heterocycles. The largest absolute Gasteiger partial charge is 0.330 e. The average molecular weight is 363 g/mol. The summed E-state index contributed by atoms with van der Waals surface area (Å²) in [5.74, 6) is 0.0311. The molecule has 0 aromatic heterocycles. The summed E-state index contributed by atoms with van der Waals surface area (Å²) in [6.45, 7) is 5.14. The van der Waals surface area contributed by atoms with E-state index in [1.807, 2.05) is 24.3 Å². The van der Waals surface area contributed by atoms with Gasteiger partial charge in [-0.15, -0.1) is 12.4 Å². The monoisotopic (exact) mass is 361 g/mol. The van der Waals surface area contributed by atoms with E-state index in [0.29, 0.717) is 13.1 Å². The first-order chi connectivity index (χ1) is 9.00. The Morgan fingerprint density at radius 3 is 2.65 bits per heavy atom. The maximum absolute atomic E-state index is 12.0. The summed E-state index contributed by atoms with van der Waals surface area (Å²) in [4.78, 5) is 14.1. The molecule has 112 valence electrons. The van der Waals surface area contributed by atoms with Crippen LogP contribution in [-0.2, 0) is 4.79 Å². The predicted octanol–water partition coefficient (Wildman–Crippen LogP) is 2.48. The number of nitrogens with zero attached hydrogens (tertiary/aromatic N) is 1. The van der Waals surface area contributed by atoms with Gasteiger partial charge in [0.1, 0.15) is 0 Å². The van der Waals surface area contributed by atoms with Gasteiger partial charge >= 0.3 is 0 Å². The van der Waals surface area contributed by atoms with Crippen molar-refractivity contribution in [3.8, 4) is 0 Å². The molecule has 20 heavy (non-hydrogen) atoms. The van der Waals surface area contributed by atoms with E-state index in [2.05, 4.69) is 33.1 Å². The second-order valence-corrected chi connectivity index (χ2v) is 6.45. The van der Waals surface area contributed by atoms with Crippen molar-refractivity contribution >= 4 is 39.9 Å². The number of hydrogen-bond acceptors (Lipinski definition) is 3. The van der Waals surface area contributed by atoms with E-state index >= 15 is 0 Å². The zero-order chi connectivity index (χ0) is 13.9. The van der Waals surface area contributed by atoms with Crippen LogP contribution in [0.3, 0.4) is 0 Å². The number of halogens is 2. The molecule has 1 heterocycles. The van der Waals surface area contributed by atoms with Crippen molar-refractivity contribution in [2.75, 3.05) is 31.5 Å². The Hall–Kier alpha value is -0.620. The third-order valence-corrected chi connectivity index (χ3v) is 4.15. The Kier molecular flexibility index (Phi) is 6.45. The minimum Gasteiger partial charge on any atom is -0.330 e. The van der Waals surface area contributed by atoms with Crippen LogP contribution < -0.4 is 11.1 Å². The van der Waals surface area contributed by atoms with Gasteiger partial charge in [-0.05, 0) is 49.2 Å². The van der Waals surface area contributed by atoms with Gasteiger partial charge in [0, 0.05) is 16.7 Å². The maximum Gasteiger partial charge on any atom is 0.238 e. The lowest BCUT2D eigenvalue weighted by Gasteiger charge is -2.22. The lowest BCUT2D eigenvalue weighted by Crippen LogP contribution is -2.35. The highest BCUT2D eigenvalue weighted by Crippen LogP contribution is 2.28. The third kappa shape index (κ3) is 4.74. The fraction of sp³-hybridized carbons (Fsp3) is 0.500. The van der Waals surface area contributed by atoms with Crippen molar-refractivity contribution in [2.24, 2.45) is 11.1 Å². The standard InChI is InChI=1S/C14H20BrN3O.ClH/c1-14(9-16)6-7-18(10-14)8-13(19)17-12-4-2-11(15)3-5-12;/h2-5H,6-10,16H2,1H3,(H,17,19);1H. The molecule has 4 nitrogen and oxygen atoms in total. The Bertz CT molecular complexity index is 454. The second-order valence-electron chi connectivity index (χ2n) is 5.53. The van der Waals surface area contributed by atoms with Crippen LogP contribution in [0.2, 0.25) is 0 Å². The fourth-order valence-electron chi connectivity index (χ4n) is 2.36. The molecule has 0 radical (unpaired) electrons. The Balaban J connectivity index is 0.00000200. The van der Waals surface area contributed by atoms with Crippen molar-refractivity contribution < 1.29 is 4.79 Å². The molecule has 6 heteroatoms. The van der Waals surface area contributed by atoms with E-state index in [1.54, 1.807) is 0 Å². The average Bonchev–Trinajstić information content (AvgIpc) is 2.74. The Morgan fingerprint density at radius 2 is 2.10 bits per heavy atom. The lowest BCUT2D eigenvalue weighted by molar-refractivity contribution is -0.117. The zero-order valence-corrected chi connectivity index (χ0v) is 14.0. The van der Waals surface area contributed by atoms with Crippen molar-refractivity contribution in [1.29, 1.82) is 0 Å². The second kappa shape index (κ2) is 7.41. The highest BCUT2D eigenvalue weighted by atomic mass is 79.9. The number of amides is 1. The first-order valence-corrected chi connectivity index (χ1v) is 7.28. The van der Waals surface area contributed by atoms with Crippen LogP contribution in [0.5, 0.6) is 0 Å². The SMILES string of the molecule is CC1(CN)CCN(CC(=O)Nc2ccc(Br)cc2)C1.Cl. The van der Waals surface area contributed by atoms with Crippen LogP contribution in [0.15, 0.2) is 28.7 Å². The quantitative estimate of drug-likeness (QED) is 0.865. The number of anilines is 1. The number of carbonyl (C=O) groups excluding carboxylic acids is 1. The van der Waals surface area contributed by atoms with Gasteiger partial charge in [0.15, 0.2) is 0 Å². The summed E-state index contributed by atoms with van der Waals surface area (Å²) in [6, 6.07) is 7.60. The van der Waals surface area contributed by atoms with Crippen LogP contribution >= 0.6 is 28.3 Å². The third-order valence-electron chi connectivity index (χ3n) is 3.62. The molecule has 1 aromatic rings. The van der Waals surface area contributed by atoms with Crippen LogP contribution in [0, 0.1) is 5.41 Å². The van der Waals surface area contributed by atoms with Gasteiger partial charge in [-0.1, -0.05) is 22.9 Å². The van der Waals surface area contributed by atoms with Crippen molar-refractivity contribution in [1.82, 2.24) is 4.90 Å². The van der Waals surface area contributed by atoms with Crippen LogP contribution in [0.4, 0.5) is 5.69 Å². The molecule has 1 aromatic carbocycles. The van der Waals surface area contributed by atoms with E-state index in [9.17, 15) is 4.79 Å². The van der Waals surface area contributed by atoms with Gasteiger partial charge in [-0.2, -0.15) is 0 Å². The molecule has 1 unspecified atom stereocenters. The summed E-state index contributed by atoms with van der Waals surface area (Å²) in [6.07, 6.45) is 1.06. The highest BCUT2D eigenvalue weighted by molar-refractivity contribution is 9.10. The molecule has 0 spiro atoms. The van der Waals surface area contributed by atoms with E-state index in [1.165, 1.54) is 0 Å². The highest BCUT2D eigenvalue weighted by Gasteiger charge is 2.32. The fourth-order valence-corrected chi connectivity index (χ4v) is 2.63. The van der Waals surface area contributed by atoms with Gasteiger partial charge in [0.25, 0.3) is 0 Å². The molecule has 0 bridgehead atoms. The van der Waals surface area contributed by atoms with Gasteiger partial charge in [-0.25, -0.2) is 0 Å². The number of benzene rings is 1. The number of carbonyl (C=O) groups is 1. The van der Waals surface area contributed by atoms with Crippen LogP contribution in [-0.4, -0.2) is 37.0 Å². The zero-order valence-electron chi connectivity index (χ0n) is 11.6. The maximum atomic E-state index is 12.0. The molecule has 3 N–H and O–H groups in total. The topological polar surface area (TPSA) is 58.4 Å². The summed E-state index contributed by atoms with van der Waals surface area (Å²) in [5.41, 5.74) is 6.76. The molecular weight excluding hydrogens is 342 g/mol. The molecule has 0 aliphatic carbocycles. The van der Waals surface area contributed by atoms with Crippen molar-refractivity contribution in [3.05, 3.63) is 28.7 Å². The van der Waals surface area contributed by atoms with Crippen LogP contribution in [0.25, 0.3) is 0 Å². The molecule has 1 amide bonds. The Labute approximate surface area is 134 Å². The first kappa shape index (κ1) is 17.4. The summed E-state index contributed by atoms with van der Waals surface area (Å²) in [7, 11) is 0. The normalized spacial score (nSPS) is 22.4. The molecule has 1 atom stereocenters. The molecule has 1 fully saturated rings. The smallest absolute Gasteiger partial charge is 0.238 e. The first-order valence-electron chi connectivity index (χ1n) is 6.49. The number of hydrogen-bond donors (Lipinski definition) is 2. The van der Waals surface area contributed by atoms with E-state index in [-0.39, 0.29) is 23.7 Å². The number of nitrogens with one attached hydrogen (secondary N) is 1. The minimum atomic E-state index is 0. The predicted molar refractivity (Wildman–Crippen MR) is 88.2 cm³/mol. The van der Waals surface area contributed by atoms with Gasteiger partial charge in [-0.3, -0.25) is 9.69 Å². The van der Waals surface area contributed by atoms with Crippen molar-refractivity contribution in [2.45, 2.75) is 13.3 Å². The summed E-state index contributed by atoms with van der Waals surface area (Å²) >= 11 is 3.37. The minimum absolute atomic E-state index is 0.